The van der Waals surface area contributed by atoms with Crippen molar-refractivity contribution in [3.8, 4) is 0 Å². The first-order chi connectivity index (χ1) is 10.0. The summed E-state index contributed by atoms with van der Waals surface area (Å²) in [4.78, 5) is 2.77. The molecule has 0 amide bonds. The molecule has 1 saturated carbocycles. The summed E-state index contributed by atoms with van der Waals surface area (Å²) < 4.78 is 6.11. The monoisotopic (exact) mass is 294 g/mol. The fraction of sp³-hybridized carbons (Fsp3) is 1.00. The van der Waals surface area contributed by atoms with E-state index in [1.54, 1.807) is 0 Å². The van der Waals surface area contributed by atoms with Crippen LogP contribution in [0.3, 0.4) is 0 Å². The molecule has 21 heavy (non-hydrogen) atoms. The lowest BCUT2D eigenvalue weighted by Gasteiger charge is -2.49. The maximum absolute atomic E-state index is 6.11. The van der Waals surface area contributed by atoms with Crippen molar-refractivity contribution < 1.29 is 4.74 Å². The van der Waals surface area contributed by atoms with Crippen molar-refractivity contribution in [3.63, 3.8) is 0 Å². The van der Waals surface area contributed by atoms with E-state index in [1.165, 1.54) is 58.0 Å². The quantitative estimate of drug-likeness (QED) is 0.865. The molecular weight excluding hydrogens is 260 g/mol. The van der Waals surface area contributed by atoms with Crippen LogP contribution in [0.15, 0.2) is 0 Å². The van der Waals surface area contributed by atoms with E-state index in [2.05, 4.69) is 31.0 Å². The van der Waals surface area contributed by atoms with Crippen LogP contribution in [0.25, 0.3) is 0 Å². The maximum atomic E-state index is 6.11. The van der Waals surface area contributed by atoms with Gasteiger partial charge in [-0.3, -0.25) is 4.90 Å². The predicted molar refractivity (Wildman–Crippen MR) is 87.6 cm³/mol. The smallest absolute Gasteiger partial charge is 0.0706 e. The van der Waals surface area contributed by atoms with E-state index in [4.69, 9.17) is 4.74 Å². The predicted octanol–water partition coefficient (Wildman–Crippen LogP) is 3.19. The Kier molecular flexibility index (Phi) is 4.92. The molecule has 0 bridgehead atoms. The highest BCUT2D eigenvalue weighted by atomic mass is 16.5. The second-order valence-electron chi connectivity index (χ2n) is 8.31. The lowest BCUT2D eigenvalue weighted by molar-refractivity contribution is -0.0139. The van der Waals surface area contributed by atoms with Gasteiger partial charge in [0.1, 0.15) is 0 Å². The van der Waals surface area contributed by atoms with Crippen LogP contribution in [0.4, 0.5) is 0 Å². The van der Waals surface area contributed by atoms with E-state index in [-0.39, 0.29) is 5.54 Å². The second kappa shape index (κ2) is 6.55. The zero-order valence-corrected chi connectivity index (χ0v) is 14.2. The lowest BCUT2D eigenvalue weighted by atomic mass is 9.81. The van der Waals surface area contributed by atoms with Gasteiger partial charge in [0.2, 0.25) is 0 Å². The van der Waals surface area contributed by atoms with Crippen molar-refractivity contribution in [1.82, 2.24) is 10.2 Å². The van der Waals surface area contributed by atoms with Crippen LogP contribution in [0.2, 0.25) is 0 Å². The number of hydrogen-bond donors (Lipinski definition) is 1. The molecule has 3 heteroatoms. The molecule has 3 unspecified atom stereocenters. The van der Waals surface area contributed by atoms with E-state index >= 15 is 0 Å². The molecule has 2 heterocycles. The van der Waals surface area contributed by atoms with Gasteiger partial charge in [0.25, 0.3) is 0 Å². The van der Waals surface area contributed by atoms with Crippen LogP contribution in [0.1, 0.15) is 65.7 Å². The molecule has 0 aromatic heterocycles. The molecular formula is C18H34N2O. The van der Waals surface area contributed by atoms with Gasteiger partial charge in [0.15, 0.2) is 0 Å². The van der Waals surface area contributed by atoms with E-state index in [0.717, 1.165) is 18.5 Å². The summed E-state index contributed by atoms with van der Waals surface area (Å²) in [6.45, 7) is 10.4. The zero-order valence-electron chi connectivity index (χ0n) is 14.2. The third-order valence-corrected chi connectivity index (χ3v) is 5.81. The third-order valence-electron chi connectivity index (χ3n) is 5.81. The number of nitrogens with zero attached hydrogens (tertiary/aromatic N) is 1. The maximum Gasteiger partial charge on any atom is 0.0706 e. The molecule has 3 atom stereocenters. The van der Waals surface area contributed by atoms with Gasteiger partial charge in [-0.25, -0.2) is 0 Å². The lowest BCUT2D eigenvalue weighted by Crippen LogP contribution is -2.64. The molecule has 0 radical (unpaired) electrons. The van der Waals surface area contributed by atoms with Crippen molar-refractivity contribution in [1.29, 1.82) is 0 Å². The first kappa shape index (κ1) is 15.8. The summed E-state index contributed by atoms with van der Waals surface area (Å²) >= 11 is 0. The Hall–Kier alpha value is -0.120. The molecule has 2 aliphatic heterocycles. The second-order valence-corrected chi connectivity index (χ2v) is 8.31. The molecule has 0 spiro atoms. The average molecular weight is 294 g/mol. The Labute approximate surface area is 130 Å². The van der Waals surface area contributed by atoms with Gasteiger partial charge in [-0.15, -0.1) is 0 Å². The standard InChI is InChI=1S/C18H34N2O/c1-14-9-10-16(21-14)12-20-13-18(2,3)19-11-17(20)15-7-5-4-6-8-15/h14-17,19H,4-13H2,1-3H3. The van der Waals surface area contributed by atoms with Gasteiger partial charge in [-0.05, 0) is 52.4 Å². The van der Waals surface area contributed by atoms with Gasteiger partial charge in [-0.2, -0.15) is 0 Å². The van der Waals surface area contributed by atoms with Crippen LogP contribution in [-0.2, 0) is 4.74 Å². The Morgan fingerprint density at radius 3 is 2.52 bits per heavy atom. The van der Waals surface area contributed by atoms with Gasteiger partial charge >= 0.3 is 0 Å². The largest absolute Gasteiger partial charge is 0.374 e. The molecule has 0 aromatic rings. The van der Waals surface area contributed by atoms with Crippen molar-refractivity contribution >= 4 is 0 Å². The molecule has 2 saturated heterocycles. The van der Waals surface area contributed by atoms with E-state index in [9.17, 15) is 0 Å². The Morgan fingerprint density at radius 2 is 1.86 bits per heavy atom. The molecule has 122 valence electrons. The Bertz CT molecular complexity index is 338. The zero-order chi connectivity index (χ0) is 14.9. The number of piperazine rings is 1. The van der Waals surface area contributed by atoms with E-state index in [0.29, 0.717) is 12.2 Å². The van der Waals surface area contributed by atoms with Crippen LogP contribution in [0, 0.1) is 5.92 Å². The highest BCUT2D eigenvalue weighted by Crippen LogP contribution is 2.32. The van der Waals surface area contributed by atoms with Gasteiger partial charge < -0.3 is 10.1 Å². The molecule has 3 fully saturated rings. The number of nitrogens with one attached hydrogen (secondary N) is 1. The van der Waals surface area contributed by atoms with Crippen molar-refractivity contribution in [3.05, 3.63) is 0 Å². The van der Waals surface area contributed by atoms with Gasteiger partial charge in [-0.1, -0.05) is 19.3 Å². The van der Waals surface area contributed by atoms with Gasteiger partial charge in [0.05, 0.1) is 12.2 Å². The number of hydrogen-bond acceptors (Lipinski definition) is 3. The summed E-state index contributed by atoms with van der Waals surface area (Å²) in [6.07, 6.45) is 10.6. The van der Waals surface area contributed by atoms with Crippen LogP contribution in [0.5, 0.6) is 0 Å². The number of rotatable bonds is 3. The molecule has 3 aliphatic rings. The minimum absolute atomic E-state index is 0.245. The fourth-order valence-electron chi connectivity index (χ4n) is 4.66. The van der Waals surface area contributed by atoms with Crippen molar-refractivity contribution in [2.24, 2.45) is 5.92 Å². The normalized spacial score (nSPS) is 38.7. The van der Waals surface area contributed by atoms with E-state index in [1.807, 2.05) is 0 Å². The third kappa shape index (κ3) is 4.00. The highest BCUT2D eigenvalue weighted by Gasteiger charge is 2.38. The van der Waals surface area contributed by atoms with E-state index < -0.39 is 0 Å². The SMILES string of the molecule is CC1CCC(CN2CC(C)(C)NCC2C2CCCCC2)O1. The molecule has 0 aromatic carbocycles. The summed E-state index contributed by atoms with van der Waals surface area (Å²) in [6, 6.07) is 0.734. The first-order valence-electron chi connectivity index (χ1n) is 9.18. The van der Waals surface area contributed by atoms with Crippen LogP contribution < -0.4 is 5.32 Å². The highest BCUT2D eigenvalue weighted by molar-refractivity contribution is 4.96. The van der Waals surface area contributed by atoms with Crippen LogP contribution >= 0.6 is 0 Å². The Balaban J connectivity index is 1.64. The summed E-state index contributed by atoms with van der Waals surface area (Å²) in [5, 5.41) is 3.79. The van der Waals surface area contributed by atoms with Crippen molar-refractivity contribution in [2.75, 3.05) is 19.6 Å². The van der Waals surface area contributed by atoms with Gasteiger partial charge in [0, 0.05) is 31.2 Å². The number of ether oxygens (including phenoxy) is 1. The first-order valence-corrected chi connectivity index (χ1v) is 9.18. The fourth-order valence-corrected chi connectivity index (χ4v) is 4.66. The minimum atomic E-state index is 0.245. The van der Waals surface area contributed by atoms with Crippen molar-refractivity contribution in [2.45, 2.75) is 89.5 Å². The Morgan fingerprint density at radius 1 is 1.10 bits per heavy atom. The average Bonchev–Trinajstić information content (AvgIpc) is 2.84. The minimum Gasteiger partial charge on any atom is -0.374 e. The molecule has 1 aliphatic carbocycles. The summed E-state index contributed by atoms with van der Waals surface area (Å²) in [5.74, 6) is 0.904. The molecule has 3 rings (SSSR count). The molecule has 3 nitrogen and oxygen atoms in total. The summed E-state index contributed by atoms with van der Waals surface area (Å²) in [5.41, 5.74) is 0.245. The van der Waals surface area contributed by atoms with Crippen LogP contribution in [-0.4, -0.2) is 48.3 Å². The topological polar surface area (TPSA) is 24.5 Å². The summed E-state index contributed by atoms with van der Waals surface area (Å²) in [7, 11) is 0. The molecule has 1 N–H and O–H groups in total.